The number of isocyanates is 1. The Bertz CT molecular complexity index is 217. The van der Waals surface area contributed by atoms with Crippen LogP contribution in [0.3, 0.4) is 0 Å². The van der Waals surface area contributed by atoms with E-state index in [2.05, 4.69) is 15.4 Å². The van der Waals surface area contributed by atoms with E-state index in [0.717, 1.165) is 18.2 Å². The van der Waals surface area contributed by atoms with Crippen LogP contribution in [0.25, 0.3) is 0 Å². The molecule has 1 aromatic rings. The van der Waals surface area contributed by atoms with Crippen molar-refractivity contribution in [2.75, 3.05) is 0 Å². The number of nitrogens with zero attached hydrogens (tertiary/aromatic N) is 3. The van der Waals surface area contributed by atoms with E-state index in [1.807, 2.05) is 13.0 Å². The summed E-state index contributed by atoms with van der Waals surface area (Å²) in [5.41, 5.74) is 0.986. The Morgan fingerprint density at radius 3 is 2.64 bits per heavy atom. The first kappa shape index (κ1) is 9.39. The van der Waals surface area contributed by atoms with E-state index in [1.165, 1.54) is 0 Å². The molecule has 0 aliphatic rings. The number of aromatic nitrogens is 3. The maximum absolute atomic E-state index is 8.35. The SMILES string of the molecule is CCc1ccnnn1.N=C=O. The zero-order chi connectivity index (χ0) is 8.53. The number of aryl methyl sites for hydroxylation is 1. The number of nitrogens with one attached hydrogen (secondary N) is 1. The second kappa shape index (κ2) is 6.51. The van der Waals surface area contributed by atoms with Gasteiger partial charge in [0.05, 0.1) is 11.9 Å². The van der Waals surface area contributed by atoms with Gasteiger partial charge in [-0.05, 0) is 17.7 Å². The number of carbonyl (C=O) groups excluding carboxylic acids is 1. The van der Waals surface area contributed by atoms with Crippen LogP contribution in [0.15, 0.2) is 12.3 Å². The maximum Gasteiger partial charge on any atom is 0.231 e. The van der Waals surface area contributed by atoms with Gasteiger partial charge in [-0.15, -0.1) is 10.2 Å². The van der Waals surface area contributed by atoms with E-state index in [-0.39, 0.29) is 0 Å². The molecule has 0 aliphatic carbocycles. The molecule has 0 fully saturated rings. The first-order valence-electron chi connectivity index (χ1n) is 3.02. The van der Waals surface area contributed by atoms with Gasteiger partial charge in [-0.1, -0.05) is 6.92 Å². The van der Waals surface area contributed by atoms with Crippen LogP contribution in [0, 0.1) is 5.41 Å². The predicted molar refractivity (Wildman–Crippen MR) is 37.6 cm³/mol. The summed E-state index contributed by atoms with van der Waals surface area (Å²) >= 11 is 0. The molecule has 5 heteroatoms. The Balaban J connectivity index is 0.000000292. The van der Waals surface area contributed by atoms with Crippen LogP contribution >= 0.6 is 0 Å². The summed E-state index contributed by atoms with van der Waals surface area (Å²) in [7, 11) is 0. The highest BCUT2D eigenvalue weighted by Crippen LogP contribution is 1.86. The van der Waals surface area contributed by atoms with Crippen molar-refractivity contribution in [3.8, 4) is 0 Å². The first-order valence-corrected chi connectivity index (χ1v) is 3.02. The summed E-state index contributed by atoms with van der Waals surface area (Å²) in [6.07, 6.45) is 3.32. The van der Waals surface area contributed by atoms with E-state index in [4.69, 9.17) is 10.2 Å². The largest absolute Gasteiger partial charge is 0.231 e. The number of rotatable bonds is 1. The topological polar surface area (TPSA) is 79.6 Å². The van der Waals surface area contributed by atoms with Crippen molar-refractivity contribution in [2.45, 2.75) is 13.3 Å². The van der Waals surface area contributed by atoms with Gasteiger partial charge in [0.1, 0.15) is 0 Å². The summed E-state index contributed by atoms with van der Waals surface area (Å²) in [6, 6.07) is 1.85. The minimum atomic E-state index is 0.750. The summed E-state index contributed by atoms with van der Waals surface area (Å²) in [6.45, 7) is 2.03. The quantitative estimate of drug-likeness (QED) is 0.464. The molecule has 0 saturated carbocycles. The smallest absolute Gasteiger partial charge is 0.222 e. The normalized spacial score (nSPS) is 7.36. The third kappa shape index (κ3) is 4.87. The third-order valence-electron chi connectivity index (χ3n) is 0.921. The molecular weight excluding hydrogens is 144 g/mol. The summed E-state index contributed by atoms with van der Waals surface area (Å²) in [5, 5.41) is 16.1. The average molecular weight is 152 g/mol. The van der Waals surface area contributed by atoms with Crippen molar-refractivity contribution in [3.63, 3.8) is 0 Å². The molecule has 0 amide bonds. The maximum atomic E-state index is 8.35. The van der Waals surface area contributed by atoms with Crippen LogP contribution in [0.5, 0.6) is 0 Å². The highest BCUT2D eigenvalue weighted by Gasteiger charge is 1.84. The first-order chi connectivity index (χ1) is 5.35. The van der Waals surface area contributed by atoms with Crippen molar-refractivity contribution >= 4 is 6.08 Å². The Morgan fingerprint density at radius 1 is 1.73 bits per heavy atom. The second-order valence-corrected chi connectivity index (χ2v) is 1.57. The fourth-order valence-electron chi connectivity index (χ4n) is 0.454. The molecule has 0 spiro atoms. The lowest BCUT2D eigenvalue weighted by Gasteiger charge is -1.86. The molecule has 1 heterocycles. The van der Waals surface area contributed by atoms with Crippen LogP contribution in [-0.2, 0) is 11.2 Å². The third-order valence-corrected chi connectivity index (χ3v) is 0.921. The second-order valence-electron chi connectivity index (χ2n) is 1.57. The molecule has 5 nitrogen and oxygen atoms in total. The molecule has 11 heavy (non-hydrogen) atoms. The molecule has 0 aromatic carbocycles. The van der Waals surface area contributed by atoms with E-state index >= 15 is 0 Å². The molecule has 0 bridgehead atoms. The predicted octanol–water partition coefficient (Wildman–Crippen LogP) is 0.335. The lowest BCUT2D eigenvalue weighted by atomic mass is 10.3. The molecule has 58 valence electrons. The molecule has 0 atom stereocenters. The molecule has 1 rings (SSSR count). The van der Waals surface area contributed by atoms with Gasteiger partial charge < -0.3 is 0 Å². The zero-order valence-electron chi connectivity index (χ0n) is 6.11. The standard InChI is InChI=1S/C5H7N3.CHNO/c1-2-5-3-4-6-8-7-5;2-1-3/h3-4H,2H2,1H3;2H. The summed E-state index contributed by atoms with van der Waals surface area (Å²) in [4.78, 5) is 8.35. The van der Waals surface area contributed by atoms with Gasteiger partial charge >= 0.3 is 0 Å². The van der Waals surface area contributed by atoms with Crippen LogP contribution in [0.4, 0.5) is 0 Å². The molecule has 1 N–H and O–H groups in total. The Hall–Kier alpha value is -1.61. The molecule has 0 saturated heterocycles. The summed E-state index contributed by atoms with van der Waals surface area (Å²) < 4.78 is 0. The fraction of sp³-hybridized carbons (Fsp3) is 0.333. The van der Waals surface area contributed by atoms with E-state index in [1.54, 1.807) is 6.20 Å². The van der Waals surface area contributed by atoms with E-state index in [9.17, 15) is 0 Å². The van der Waals surface area contributed by atoms with E-state index < -0.39 is 0 Å². The van der Waals surface area contributed by atoms with Gasteiger partial charge in [-0.25, -0.2) is 10.2 Å². The van der Waals surface area contributed by atoms with Gasteiger partial charge in [-0.2, -0.15) is 0 Å². The van der Waals surface area contributed by atoms with Crippen LogP contribution in [0.2, 0.25) is 0 Å². The lowest BCUT2D eigenvalue weighted by Crippen LogP contribution is -1.90. The molecular formula is C6H8N4O. The Kier molecular flexibility index (Phi) is 5.56. The van der Waals surface area contributed by atoms with Gasteiger partial charge in [0.2, 0.25) is 6.08 Å². The van der Waals surface area contributed by atoms with Gasteiger partial charge in [0.15, 0.2) is 0 Å². The highest BCUT2D eigenvalue weighted by atomic mass is 16.1. The average Bonchev–Trinajstić information content (AvgIpc) is 2.08. The van der Waals surface area contributed by atoms with Gasteiger partial charge in [0.25, 0.3) is 0 Å². The van der Waals surface area contributed by atoms with Crippen molar-refractivity contribution in [1.29, 1.82) is 5.41 Å². The van der Waals surface area contributed by atoms with Crippen molar-refractivity contribution < 1.29 is 4.79 Å². The number of hydrogen-bond donors (Lipinski definition) is 1. The zero-order valence-corrected chi connectivity index (χ0v) is 6.11. The van der Waals surface area contributed by atoms with Crippen molar-refractivity contribution in [3.05, 3.63) is 18.0 Å². The fourth-order valence-corrected chi connectivity index (χ4v) is 0.454. The molecule has 0 radical (unpaired) electrons. The Morgan fingerprint density at radius 2 is 2.36 bits per heavy atom. The molecule has 1 aromatic heterocycles. The molecule has 0 unspecified atom stereocenters. The monoisotopic (exact) mass is 152 g/mol. The Labute approximate surface area is 64.0 Å². The molecule has 0 aliphatic heterocycles. The van der Waals surface area contributed by atoms with Crippen molar-refractivity contribution in [2.24, 2.45) is 0 Å². The highest BCUT2D eigenvalue weighted by molar-refractivity contribution is 5.26. The summed E-state index contributed by atoms with van der Waals surface area (Å²) in [5.74, 6) is 0. The minimum absolute atomic E-state index is 0.750. The van der Waals surface area contributed by atoms with E-state index in [0.29, 0.717) is 0 Å². The minimum Gasteiger partial charge on any atom is -0.222 e. The lowest BCUT2D eigenvalue weighted by molar-refractivity contribution is 0.563. The van der Waals surface area contributed by atoms with Crippen LogP contribution in [-0.4, -0.2) is 21.5 Å². The van der Waals surface area contributed by atoms with Crippen LogP contribution in [0.1, 0.15) is 12.6 Å². The van der Waals surface area contributed by atoms with Gasteiger partial charge in [-0.3, -0.25) is 0 Å². The van der Waals surface area contributed by atoms with Crippen LogP contribution < -0.4 is 0 Å². The number of hydrogen-bond acceptors (Lipinski definition) is 5. The van der Waals surface area contributed by atoms with Crippen molar-refractivity contribution in [1.82, 2.24) is 15.4 Å². The van der Waals surface area contributed by atoms with Gasteiger partial charge in [0, 0.05) is 0 Å².